The zero-order chi connectivity index (χ0) is 21.6. The van der Waals surface area contributed by atoms with E-state index in [1.165, 1.54) is 21.5 Å². The lowest BCUT2D eigenvalue weighted by Gasteiger charge is -2.10. The Balaban J connectivity index is 0.000000221. The molecule has 7 heteroatoms. The van der Waals surface area contributed by atoms with Crippen molar-refractivity contribution in [1.82, 2.24) is 0 Å². The van der Waals surface area contributed by atoms with Crippen molar-refractivity contribution in [2.75, 3.05) is 19.0 Å². The molecule has 0 saturated carbocycles. The highest BCUT2D eigenvalue weighted by Gasteiger charge is 2.04. The van der Waals surface area contributed by atoms with Gasteiger partial charge in [-0.15, -0.1) is 11.3 Å². The van der Waals surface area contributed by atoms with Crippen LogP contribution in [-0.4, -0.2) is 27.1 Å². The second-order valence-electron chi connectivity index (χ2n) is 6.92. The minimum absolute atomic E-state index is 0.123. The Morgan fingerprint density at radius 2 is 1.66 bits per heavy atom. The third kappa shape index (κ3) is 7.12. The van der Waals surface area contributed by atoms with Crippen molar-refractivity contribution in [3.8, 4) is 0 Å². The molecule has 3 aromatic rings. The van der Waals surface area contributed by atoms with Crippen molar-refractivity contribution in [3.05, 3.63) is 76.4 Å². The normalized spacial score (nSPS) is 11.2. The summed E-state index contributed by atoms with van der Waals surface area (Å²) in [4.78, 5) is 3.29. The molecule has 2 aromatic heterocycles. The van der Waals surface area contributed by atoms with Gasteiger partial charge in [-0.25, -0.2) is 13.0 Å². The van der Waals surface area contributed by atoms with Gasteiger partial charge < -0.3 is 9.45 Å². The third-order valence-corrected chi connectivity index (χ3v) is 6.31. The molecule has 0 aliphatic carbocycles. The topological polar surface area (TPSA) is 64.3 Å². The van der Waals surface area contributed by atoms with Crippen molar-refractivity contribution in [1.29, 1.82) is 0 Å². The molecule has 3 rings (SSSR count). The van der Waals surface area contributed by atoms with Gasteiger partial charge in [0.1, 0.15) is 17.2 Å². The highest BCUT2D eigenvalue weighted by molar-refractivity contribution is 7.85. The van der Waals surface area contributed by atoms with Crippen LogP contribution in [-0.2, 0) is 17.2 Å². The van der Waals surface area contributed by atoms with E-state index in [9.17, 15) is 13.0 Å². The molecule has 0 bridgehead atoms. The molecule has 0 atom stereocenters. The Bertz CT molecular complexity index is 1080. The number of anilines is 1. The molecule has 0 unspecified atom stereocenters. The first kappa shape index (κ1) is 22.8. The third-order valence-electron chi connectivity index (χ3n) is 4.11. The molecule has 0 spiro atoms. The van der Waals surface area contributed by atoms with E-state index >= 15 is 0 Å². The summed E-state index contributed by atoms with van der Waals surface area (Å²) in [5, 5.41) is 1.28. The largest absolute Gasteiger partial charge is 0.744 e. The van der Waals surface area contributed by atoms with Crippen molar-refractivity contribution in [2.24, 2.45) is 7.05 Å². The van der Waals surface area contributed by atoms with Crippen LogP contribution >= 0.6 is 11.3 Å². The van der Waals surface area contributed by atoms with Crippen LogP contribution < -0.4 is 9.47 Å². The van der Waals surface area contributed by atoms with Crippen molar-refractivity contribution in [2.45, 2.75) is 18.7 Å². The fraction of sp³-hybridized carbons (Fsp3) is 0.227. The number of aromatic nitrogens is 1. The second-order valence-corrected chi connectivity index (χ2v) is 9.37. The molecule has 0 amide bonds. The van der Waals surface area contributed by atoms with Gasteiger partial charge in [0.05, 0.1) is 9.90 Å². The minimum atomic E-state index is -4.31. The van der Waals surface area contributed by atoms with E-state index in [2.05, 4.69) is 67.8 Å². The number of rotatable bonds is 4. The van der Waals surface area contributed by atoms with E-state index in [0.29, 0.717) is 5.56 Å². The summed E-state index contributed by atoms with van der Waals surface area (Å²) in [6.07, 6.45) is 8.41. The van der Waals surface area contributed by atoms with E-state index in [4.69, 9.17) is 0 Å². The standard InChI is InChI=1S/C14H17N2S.C8H10O3S/c1-15(2)14-7-6-13(17-14)5-4-12-8-10-16(3)11-9-12;1-6-3-4-7(2)8(5-6)12(9,10)11/h4-11H,1-3H3;3-5H,1-2H3,(H,9,10,11)/q+1;/p-1. The maximum Gasteiger partial charge on any atom is 0.169 e. The Morgan fingerprint density at radius 3 is 2.17 bits per heavy atom. The predicted octanol–water partition coefficient (Wildman–Crippen LogP) is 4.02. The number of pyridine rings is 1. The summed E-state index contributed by atoms with van der Waals surface area (Å²) in [6.45, 7) is 3.35. The number of benzene rings is 1. The molecule has 0 fully saturated rings. The first-order chi connectivity index (χ1) is 13.6. The Labute approximate surface area is 177 Å². The first-order valence-corrected chi connectivity index (χ1v) is 11.2. The van der Waals surface area contributed by atoms with E-state index < -0.39 is 10.1 Å². The number of nitrogens with zero attached hydrogens (tertiary/aromatic N) is 2. The van der Waals surface area contributed by atoms with Crippen LogP contribution in [0.3, 0.4) is 0 Å². The van der Waals surface area contributed by atoms with Crippen LogP contribution in [0.1, 0.15) is 21.6 Å². The fourth-order valence-corrected chi connectivity index (χ4v) is 4.08. The molecule has 29 heavy (non-hydrogen) atoms. The van der Waals surface area contributed by atoms with Crippen molar-refractivity contribution in [3.63, 3.8) is 0 Å². The molecule has 0 radical (unpaired) electrons. The number of thiophene rings is 1. The van der Waals surface area contributed by atoms with Crippen LogP contribution in [0.2, 0.25) is 0 Å². The average molecular weight is 431 g/mol. The van der Waals surface area contributed by atoms with Gasteiger partial charge in [-0.1, -0.05) is 18.2 Å². The smallest absolute Gasteiger partial charge is 0.169 e. The molecular weight excluding hydrogens is 404 g/mol. The van der Waals surface area contributed by atoms with Gasteiger partial charge in [0.25, 0.3) is 0 Å². The number of hydrogen-bond donors (Lipinski definition) is 0. The van der Waals surface area contributed by atoms with Crippen LogP contribution in [0.4, 0.5) is 5.00 Å². The Hall–Kier alpha value is -2.48. The average Bonchev–Trinajstić information content (AvgIpc) is 3.12. The van der Waals surface area contributed by atoms with Crippen LogP contribution in [0, 0.1) is 13.8 Å². The zero-order valence-corrected chi connectivity index (χ0v) is 18.9. The number of hydrogen-bond acceptors (Lipinski definition) is 5. The van der Waals surface area contributed by atoms with Gasteiger partial charge in [-0.3, -0.25) is 0 Å². The molecule has 0 aliphatic rings. The summed E-state index contributed by atoms with van der Waals surface area (Å²) in [6, 6.07) is 13.3. The summed E-state index contributed by atoms with van der Waals surface area (Å²) >= 11 is 1.80. The summed E-state index contributed by atoms with van der Waals surface area (Å²) < 4.78 is 34.0. The molecule has 0 N–H and O–H groups in total. The van der Waals surface area contributed by atoms with Crippen LogP contribution in [0.15, 0.2) is 59.8 Å². The van der Waals surface area contributed by atoms with E-state index in [-0.39, 0.29) is 4.90 Å². The van der Waals surface area contributed by atoms with E-state index in [1.54, 1.807) is 37.3 Å². The molecule has 0 aliphatic heterocycles. The monoisotopic (exact) mass is 430 g/mol. The Morgan fingerprint density at radius 1 is 1.00 bits per heavy atom. The molecule has 1 aromatic carbocycles. The molecular formula is C22H26N2O3S2. The summed E-state index contributed by atoms with van der Waals surface area (Å²) in [7, 11) is 1.85. The van der Waals surface area contributed by atoms with E-state index in [1.807, 2.05) is 11.6 Å². The van der Waals surface area contributed by atoms with Gasteiger partial charge >= 0.3 is 0 Å². The van der Waals surface area contributed by atoms with Crippen molar-refractivity contribution >= 4 is 38.6 Å². The maximum atomic E-state index is 10.7. The summed E-state index contributed by atoms with van der Waals surface area (Å²) in [5.74, 6) is 0. The van der Waals surface area contributed by atoms with E-state index in [0.717, 1.165) is 5.56 Å². The Kier molecular flexibility index (Phi) is 7.73. The van der Waals surface area contributed by atoms with Crippen molar-refractivity contribution < 1.29 is 17.5 Å². The van der Waals surface area contributed by atoms with Gasteiger partial charge in [0, 0.05) is 31.1 Å². The lowest BCUT2D eigenvalue weighted by molar-refractivity contribution is -0.671. The maximum absolute atomic E-state index is 10.7. The molecule has 154 valence electrons. The SMILES string of the molecule is CN(C)c1ccc(/C=C/c2cc[n+](C)cc2)s1.Cc1ccc(C)c(S(=O)(=O)[O-])c1. The highest BCUT2D eigenvalue weighted by atomic mass is 32.2. The molecule has 0 saturated heterocycles. The van der Waals surface area contributed by atoms with Gasteiger partial charge in [-0.05, 0) is 54.8 Å². The quantitative estimate of drug-likeness (QED) is 0.463. The van der Waals surface area contributed by atoms with Gasteiger partial charge in [-0.2, -0.15) is 0 Å². The van der Waals surface area contributed by atoms with Gasteiger partial charge in [0.2, 0.25) is 0 Å². The summed E-state index contributed by atoms with van der Waals surface area (Å²) in [5.41, 5.74) is 2.49. The minimum Gasteiger partial charge on any atom is -0.744 e. The zero-order valence-electron chi connectivity index (χ0n) is 17.3. The molecule has 2 heterocycles. The lowest BCUT2D eigenvalue weighted by Crippen LogP contribution is -2.25. The van der Waals surface area contributed by atoms with Crippen LogP contribution in [0.5, 0.6) is 0 Å². The second kappa shape index (κ2) is 9.82. The van der Waals surface area contributed by atoms with Crippen LogP contribution in [0.25, 0.3) is 12.2 Å². The lowest BCUT2D eigenvalue weighted by atomic mass is 10.2. The fourth-order valence-electron chi connectivity index (χ4n) is 2.45. The predicted molar refractivity (Wildman–Crippen MR) is 119 cm³/mol. The first-order valence-electron chi connectivity index (χ1n) is 9.00. The van der Waals surface area contributed by atoms with Gasteiger partial charge in [0.15, 0.2) is 12.4 Å². The highest BCUT2D eigenvalue weighted by Crippen LogP contribution is 2.25. The number of aryl methyl sites for hydroxylation is 3. The molecule has 5 nitrogen and oxygen atoms in total.